The molecule has 0 bridgehead atoms. The van der Waals surface area contributed by atoms with Gasteiger partial charge < -0.3 is 15.2 Å². The van der Waals surface area contributed by atoms with E-state index in [-0.39, 0.29) is 24.0 Å². The van der Waals surface area contributed by atoms with Crippen LogP contribution in [0.2, 0.25) is 0 Å². The molecule has 0 unspecified atom stereocenters. The lowest BCUT2D eigenvalue weighted by molar-refractivity contribution is 0.372. The molecule has 0 saturated heterocycles. The van der Waals surface area contributed by atoms with Gasteiger partial charge in [0.25, 0.3) is 0 Å². The monoisotopic (exact) mass is 509 g/mol. The van der Waals surface area contributed by atoms with Gasteiger partial charge in [0.1, 0.15) is 0 Å². The number of aliphatic imine (C=N–C) groups is 1. The highest BCUT2D eigenvalue weighted by Crippen LogP contribution is 2.14. The second-order valence-electron chi connectivity index (χ2n) is 7.02. The third-order valence-corrected chi connectivity index (χ3v) is 4.32. The molecule has 3 aromatic rings. The maximum absolute atomic E-state index is 5.34. The van der Waals surface area contributed by atoms with Crippen molar-refractivity contribution < 1.29 is 4.52 Å². The molecular formula is C20H28IN7O. The second kappa shape index (κ2) is 10.4. The van der Waals surface area contributed by atoms with Gasteiger partial charge >= 0.3 is 0 Å². The first kappa shape index (κ1) is 22.9. The number of aryl methyl sites for hydroxylation is 2. The Balaban J connectivity index is 0.00000300. The Hall–Kier alpha value is -2.43. The lowest BCUT2D eigenvalue weighted by atomic mass is 10.1. The van der Waals surface area contributed by atoms with Crippen LogP contribution in [-0.4, -0.2) is 32.9 Å². The van der Waals surface area contributed by atoms with Crippen LogP contribution in [0.1, 0.15) is 48.2 Å². The second-order valence-corrected chi connectivity index (χ2v) is 7.02. The molecule has 0 spiro atoms. The van der Waals surface area contributed by atoms with E-state index in [0.29, 0.717) is 25.0 Å². The van der Waals surface area contributed by atoms with E-state index >= 15 is 0 Å². The first-order chi connectivity index (χ1) is 13.5. The number of hydrogen-bond donors (Lipinski definition) is 2. The van der Waals surface area contributed by atoms with Gasteiger partial charge in [-0.05, 0) is 37.5 Å². The summed E-state index contributed by atoms with van der Waals surface area (Å²) in [7, 11) is 1.74. The SMILES string of the molecule is CN=C(NCc1ccc(-n2nc(C)cc2C)nc1)NCc1cc(C(C)C)no1.I. The molecule has 29 heavy (non-hydrogen) atoms. The molecule has 0 aromatic carbocycles. The third kappa shape index (κ3) is 6.02. The first-order valence-corrected chi connectivity index (χ1v) is 9.35. The maximum Gasteiger partial charge on any atom is 0.191 e. The molecule has 0 amide bonds. The van der Waals surface area contributed by atoms with Crippen molar-refractivity contribution in [3.63, 3.8) is 0 Å². The first-order valence-electron chi connectivity index (χ1n) is 9.35. The molecule has 3 heterocycles. The van der Waals surface area contributed by atoms with Gasteiger partial charge in [-0.1, -0.05) is 25.1 Å². The van der Waals surface area contributed by atoms with Crippen LogP contribution in [-0.2, 0) is 13.1 Å². The Kier molecular flexibility index (Phi) is 8.18. The summed E-state index contributed by atoms with van der Waals surface area (Å²) in [5, 5.41) is 15.0. The minimum atomic E-state index is 0. The summed E-state index contributed by atoms with van der Waals surface area (Å²) >= 11 is 0. The topological polar surface area (TPSA) is 93.2 Å². The maximum atomic E-state index is 5.34. The Bertz CT molecular complexity index is 944. The summed E-state index contributed by atoms with van der Waals surface area (Å²) in [6, 6.07) is 8.00. The van der Waals surface area contributed by atoms with E-state index in [2.05, 4.69) is 44.7 Å². The number of halogens is 1. The predicted molar refractivity (Wildman–Crippen MR) is 124 cm³/mol. The number of pyridine rings is 1. The predicted octanol–water partition coefficient (Wildman–Crippen LogP) is 3.48. The van der Waals surface area contributed by atoms with Gasteiger partial charge in [-0.3, -0.25) is 4.99 Å². The normalized spacial score (nSPS) is 11.4. The average Bonchev–Trinajstić information content (AvgIpc) is 3.28. The zero-order valence-corrected chi connectivity index (χ0v) is 19.8. The molecule has 156 valence electrons. The van der Waals surface area contributed by atoms with E-state index in [1.54, 1.807) is 7.05 Å². The van der Waals surface area contributed by atoms with Gasteiger partial charge in [-0.15, -0.1) is 24.0 Å². The van der Waals surface area contributed by atoms with Crippen molar-refractivity contribution in [2.45, 2.75) is 46.7 Å². The van der Waals surface area contributed by atoms with Crippen LogP contribution >= 0.6 is 24.0 Å². The highest BCUT2D eigenvalue weighted by Gasteiger charge is 2.09. The number of aromatic nitrogens is 4. The molecule has 0 aliphatic heterocycles. The summed E-state index contributed by atoms with van der Waals surface area (Å²) in [6.45, 7) is 9.30. The Morgan fingerprint density at radius 3 is 2.48 bits per heavy atom. The number of guanidine groups is 1. The molecule has 0 atom stereocenters. The highest BCUT2D eigenvalue weighted by atomic mass is 127. The van der Waals surface area contributed by atoms with Gasteiger partial charge in [-0.25, -0.2) is 9.67 Å². The van der Waals surface area contributed by atoms with Gasteiger partial charge in [0.2, 0.25) is 0 Å². The molecule has 0 aliphatic rings. The van der Waals surface area contributed by atoms with Gasteiger partial charge in [0.15, 0.2) is 17.5 Å². The average molecular weight is 509 g/mol. The summed E-state index contributed by atoms with van der Waals surface area (Å²) in [5.41, 5.74) is 4.05. The molecule has 8 nitrogen and oxygen atoms in total. The van der Waals surface area contributed by atoms with E-state index in [0.717, 1.165) is 34.2 Å². The molecule has 0 saturated carbocycles. The van der Waals surface area contributed by atoms with Crippen molar-refractivity contribution in [2.24, 2.45) is 4.99 Å². The lowest BCUT2D eigenvalue weighted by Crippen LogP contribution is -2.36. The van der Waals surface area contributed by atoms with Crippen molar-refractivity contribution in [3.05, 3.63) is 58.9 Å². The number of nitrogens with one attached hydrogen (secondary N) is 2. The van der Waals surface area contributed by atoms with Crippen LogP contribution < -0.4 is 10.6 Å². The van der Waals surface area contributed by atoms with E-state index in [9.17, 15) is 0 Å². The van der Waals surface area contributed by atoms with Crippen LogP contribution in [0.5, 0.6) is 0 Å². The minimum Gasteiger partial charge on any atom is -0.359 e. The number of rotatable bonds is 6. The van der Waals surface area contributed by atoms with Crippen molar-refractivity contribution in [1.29, 1.82) is 0 Å². The highest BCUT2D eigenvalue weighted by molar-refractivity contribution is 14.0. The molecule has 0 aliphatic carbocycles. The molecule has 0 fully saturated rings. The minimum absolute atomic E-state index is 0. The van der Waals surface area contributed by atoms with Crippen molar-refractivity contribution in [1.82, 2.24) is 30.6 Å². The van der Waals surface area contributed by atoms with Gasteiger partial charge in [0, 0.05) is 31.5 Å². The molecule has 9 heteroatoms. The fourth-order valence-corrected chi connectivity index (χ4v) is 2.77. The molecule has 3 rings (SSSR count). The lowest BCUT2D eigenvalue weighted by Gasteiger charge is -2.11. The van der Waals surface area contributed by atoms with E-state index in [1.807, 2.05) is 49.0 Å². The van der Waals surface area contributed by atoms with Crippen LogP contribution in [0.25, 0.3) is 5.82 Å². The van der Waals surface area contributed by atoms with Crippen molar-refractivity contribution >= 4 is 29.9 Å². The third-order valence-electron chi connectivity index (χ3n) is 4.32. The van der Waals surface area contributed by atoms with Crippen LogP contribution in [0.4, 0.5) is 0 Å². The summed E-state index contributed by atoms with van der Waals surface area (Å²) in [6.07, 6.45) is 1.84. The Morgan fingerprint density at radius 1 is 1.17 bits per heavy atom. The smallest absolute Gasteiger partial charge is 0.191 e. The van der Waals surface area contributed by atoms with E-state index in [1.165, 1.54) is 0 Å². The molecular weight excluding hydrogens is 481 g/mol. The van der Waals surface area contributed by atoms with E-state index < -0.39 is 0 Å². The van der Waals surface area contributed by atoms with Crippen LogP contribution in [0, 0.1) is 13.8 Å². The fraction of sp³-hybridized carbons (Fsp3) is 0.400. The number of nitrogens with zero attached hydrogens (tertiary/aromatic N) is 5. The zero-order chi connectivity index (χ0) is 20.1. The Morgan fingerprint density at radius 2 is 1.93 bits per heavy atom. The quantitative estimate of drug-likeness (QED) is 0.300. The zero-order valence-electron chi connectivity index (χ0n) is 17.4. The van der Waals surface area contributed by atoms with Crippen molar-refractivity contribution in [3.8, 4) is 5.82 Å². The standard InChI is InChI=1S/C20H27N7O.HI/c1-13(2)18-9-17(28-26-18)12-24-20(21-5)23-11-16-6-7-19(22-10-16)27-15(4)8-14(3)25-27;/h6-10,13H,11-12H2,1-5H3,(H2,21,23,24);1H. The number of hydrogen-bond acceptors (Lipinski definition) is 5. The Labute approximate surface area is 188 Å². The summed E-state index contributed by atoms with van der Waals surface area (Å²) in [4.78, 5) is 8.75. The van der Waals surface area contributed by atoms with Crippen LogP contribution in [0.3, 0.4) is 0 Å². The molecule has 3 aromatic heterocycles. The summed E-state index contributed by atoms with van der Waals surface area (Å²) in [5.74, 6) is 2.62. The molecule has 0 radical (unpaired) electrons. The van der Waals surface area contributed by atoms with Crippen LogP contribution in [0.15, 0.2) is 40.0 Å². The fourth-order valence-electron chi connectivity index (χ4n) is 2.77. The summed E-state index contributed by atoms with van der Waals surface area (Å²) < 4.78 is 7.18. The van der Waals surface area contributed by atoms with Gasteiger partial charge in [0.05, 0.1) is 17.9 Å². The van der Waals surface area contributed by atoms with Gasteiger partial charge in [-0.2, -0.15) is 5.10 Å². The van der Waals surface area contributed by atoms with E-state index in [4.69, 9.17) is 4.52 Å². The largest absolute Gasteiger partial charge is 0.359 e. The molecule has 2 N–H and O–H groups in total. The van der Waals surface area contributed by atoms with Crippen molar-refractivity contribution in [2.75, 3.05) is 7.05 Å².